The Kier molecular flexibility index (Phi) is 5.68. The minimum Gasteiger partial charge on any atom is -0.461 e. The molecule has 3 rings (SSSR count). The van der Waals surface area contributed by atoms with E-state index in [0.29, 0.717) is 5.56 Å². The standard InChI is InChI=1S/C19H17BrN2O4/c20-16-8-6-13(7-9-16)12-26-19(25)15-10-17(23)22(11-15)21-18(24)14-4-2-1-3-5-14/h1-9,15H,10-12H2,(H,21,24)/t15-/m0/s1. The average Bonchev–Trinajstić information content (AvgIpc) is 3.02. The van der Waals surface area contributed by atoms with Crippen LogP contribution < -0.4 is 5.43 Å². The summed E-state index contributed by atoms with van der Waals surface area (Å²) in [4.78, 5) is 36.4. The number of amides is 2. The number of halogens is 1. The Bertz CT molecular complexity index is 808. The first kappa shape index (κ1) is 18.1. The minimum atomic E-state index is -0.589. The Labute approximate surface area is 159 Å². The Hall–Kier alpha value is -2.67. The van der Waals surface area contributed by atoms with Crippen LogP contribution in [0.4, 0.5) is 0 Å². The molecular formula is C19H17BrN2O4. The van der Waals surface area contributed by atoms with Crippen LogP contribution in [0.15, 0.2) is 59.1 Å². The van der Waals surface area contributed by atoms with Crippen molar-refractivity contribution < 1.29 is 19.1 Å². The molecule has 2 amide bonds. The second kappa shape index (κ2) is 8.14. The van der Waals surface area contributed by atoms with E-state index in [9.17, 15) is 14.4 Å². The van der Waals surface area contributed by atoms with Crippen LogP contribution in [-0.4, -0.2) is 29.3 Å². The number of hydrazine groups is 1. The lowest BCUT2D eigenvalue weighted by Gasteiger charge is -2.17. The highest BCUT2D eigenvalue weighted by molar-refractivity contribution is 9.10. The van der Waals surface area contributed by atoms with Crippen LogP contribution in [0, 0.1) is 5.92 Å². The first-order valence-electron chi connectivity index (χ1n) is 8.10. The van der Waals surface area contributed by atoms with Crippen molar-refractivity contribution in [3.05, 3.63) is 70.2 Å². The number of esters is 1. The van der Waals surface area contributed by atoms with Crippen LogP contribution in [0.25, 0.3) is 0 Å². The summed E-state index contributed by atoms with van der Waals surface area (Å²) in [6, 6.07) is 16.0. The number of hydrogen-bond acceptors (Lipinski definition) is 4. The Morgan fingerprint density at radius 2 is 1.81 bits per heavy atom. The summed E-state index contributed by atoms with van der Waals surface area (Å²) in [6.45, 7) is 0.254. The second-order valence-electron chi connectivity index (χ2n) is 5.95. The molecule has 26 heavy (non-hydrogen) atoms. The molecule has 0 radical (unpaired) electrons. The molecule has 6 nitrogen and oxygen atoms in total. The topological polar surface area (TPSA) is 75.7 Å². The smallest absolute Gasteiger partial charge is 0.311 e. The highest BCUT2D eigenvalue weighted by Crippen LogP contribution is 2.19. The molecule has 1 N–H and O–H groups in total. The highest BCUT2D eigenvalue weighted by Gasteiger charge is 2.36. The number of carbonyl (C=O) groups is 3. The number of ether oxygens (including phenoxy) is 1. The van der Waals surface area contributed by atoms with E-state index >= 15 is 0 Å². The van der Waals surface area contributed by atoms with Gasteiger partial charge in [0.05, 0.1) is 12.5 Å². The first-order valence-corrected chi connectivity index (χ1v) is 8.89. The van der Waals surface area contributed by atoms with Gasteiger partial charge in [-0.3, -0.25) is 24.8 Å². The minimum absolute atomic E-state index is 0.0221. The van der Waals surface area contributed by atoms with Gasteiger partial charge in [-0.25, -0.2) is 0 Å². The zero-order valence-electron chi connectivity index (χ0n) is 13.9. The largest absolute Gasteiger partial charge is 0.461 e. The quantitative estimate of drug-likeness (QED) is 0.760. The number of carbonyl (C=O) groups excluding carboxylic acids is 3. The fourth-order valence-corrected chi connectivity index (χ4v) is 2.87. The fraction of sp³-hybridized carbons (Fsp3) is 0.211. The highest BCUT2D eigenvalue weighted by atomic mass is 79.9. The van der Waals surface area contributed by atoms with E-state index in [-0.39, 0.29) is 31.4 Å². The van der Waals surface area contributed by atoms with E-state index in [1.165, 1.54) is 5.01 Å². The number of hydrogen-bond donors (Lipinski definition) is 1. The van der Waals surface area contributed by atoms with Crippen molar-refractivity contribution in [1.82, 2.24) is 10.4 Å². The van der Waals surface area contributed by atoms with Crippen molar-refractivity contribution in [2.75, 3.05) is 6.54 Å². The Morgan fingerprint density at radius 1 is 1.12 bits per heavy atom. The third kappa shape index (κ3) is 4.49. The van der Waals surface area contributed by atoms with Gasteiger partial charge < -0.3 is 4.74 Å². The SMILES string of the molecule is O=C(NN1C[C@@H](C(=O)OCc2ccc(Br)cc2)CC1=O)c1ccccc1. The van der Waals surface area contributed by atoms with E-state index in [4.69, 9.17) is 4.74 Å². The molecule has 0 saturated carbocycles. The average molecular weight is 417 g/mol. The normalized spacial score (nSPS) is 16.4. The Balaban J connectivity index is 1.52. The maximum atomic E-state index is 12.2. The third-order valence-corrected chi connectivity index (χ3v) is 4.55. The van der Waals surface area contributed by atoms with Crippen molar-refractivity contribution in [3.63, 3.8) is 0 Å². The summed E-state index contributed by atoms with van der Waals surface area (Å²) < 4.78 is 6.24. The van der Waals surface area contributed by atoms with Crippen LogP contribution >= 0.6 is 15.9 Å². The summed E-state index contributed by atoms with van der Waals surface area (Å²) in [5.74, 6) is -1.73. The van der Waals surface area contributed by atoms with Crippen LogP contribution in [0.2, 0.25) is 0 Å². The zero-order valence-corrected chi connectivity index (χ0v) is 15.4. The molecule has 1 atom stereocenters. The van der Waals surface area contributed by atoms with E-state index in [1.807, 2.05) is 24.3 Å². The molecular weight excluding hydrogens is 400 g/mol. The third-order valence-electron chi connectivity index (χ3n) is 4.03. The van der Waals surface area contributed by atoms with Gasteiger partial charge in [0.1, 0.15) is 6.61 Å². The number of benzene rings is 2. The molecule has 134 valence electrons. The summed E-state index contributed by atoms with van der Waals surface area (Å²) >= 11 is 3.34. The molecule has 0 aliphatic carbocycles. The molecule has 2 aromatic rings. The molecule has 0 bridgehead atoms. The number of nitrogens with one attached hydrogen (secondary N) is 1. The molecule has 7 heteroatoms. The van der Waals surface area contributed by atoms with Crippen LogP contribution in [0.3, 0.4) is 0 Å². The molecule has 1 heterocycles. The first-order chi connectivity index (χ1) is 12.5. The maximum absolute atomic E-state index is 12.2. The molecule has 1 aliphatic rings. The van der Waals surface area contributed by atoms with Gasteiger partial charge >= 0.3 is 5.97 Å². The van der Waals surface area contributed by atoms with Crippen LogP contribution in [0.1, 0.15) is 22.3 Å². The maximum Gasteiger partial charge on any atom is 0.311 e. The van der Waals surface area contributed by atoms with E-state index in [0.717, 1.165) is 10.0 Å². The lowest BCUT2D eigenvalue weighted by atomic mass is 10.1. The van der Waals surface area contributed by atoms with Crippen molar-refractivity contribution in [3.8, 4) is 0 Å². The van der Waals surface area contributed by atoms with Crippen molar-refractivity contribution in [1.29, 1.82) is 0 Å². The molecule has 0 aromatic heterocycles. The second-order valence-corrected chi connectivity index (χ2v) is 6.86. The monoisotopic (exact) mass is 416 g/mol. The molecule has 1 saturated heterocycles. The predicted octanol–water partition coefficient (Wildman–Crippen LogP) is 2.69. The van der Waals surface area contributed by atoms with Gasteiger partial charge in [-0.1, -0.05) is 46.3 Å². The van der Waals surface area contributed by atoms with Crippen LogP contribution in [-0.2, 0) is 20.9 Å². The number of rotatable bonds is 5. The summed E-state index contributed by atoms with van der Waals surface area (Å²) in [5.41, 5.74) is 3.85. The van der Waals surface area contributed by atoms with E-state index < -0.39 is 11.9 Å². The summed E-state index contributed by atoms with van der Waals surface area (Å²) in [5, 5.41) is 1.18. The van der Waals surface area contributed by atoms with Gasteiger partial charge in [-0.15, -0.1) is 0 Å². The lowest BCUT2D eigenvalue weighted by molar-refractivity contribution is -0.149. The summed E-state index contributed by atoms with van der Waals surface area (Å²) in [7, 11) is 0. The van der Waals surface area contributed by atoms with Crippen molar-refractivity contribution in [2.45, 2.75) is 13.0 Å². The van der Waals surface area contributed by atoms with Gasteiger partial charge in [-0.2, -0.15) is 0 Å². The number of nitrogens with zero attached hydrogens (tertiary/aromatic N) is 1. The van der Waals surface area contributed by atoms with Crippen molar-refractivity contribution in [2.24, 2.45) is 5.92 Å². The molecule has 1 fully saturated rings. The van der Waals surface area contributed by atoms with Gasteiger partial charge in [0.2, 0.25) is 5.91 Å². The Morgan fingerprint density at radius 3 is 2.50 bits per heavy atom. The van der Waals surface area contributed by atoms with E-state index in [1.54, 1.807) is 30.3 Å². The van der Waals surface area contributed by atoms with Gasteiger partial charge in [0.15, 0.2) is 0 Å². The molecule has 0 spiro atoms. The van der Waals surface area contributed by atoms with Crippen molar-refractivity contribution >= 4 is 33.7 Å². The predicted molar refractivity (Wildman–Crippen MR) is 97.7 cm³/mol. The molecule has 1 aliphatic heterocycles. The summed E-state index contributed by atoms with van der Waals surface area (Å²) in [6.07, 6.45) is 0.0221. The molecule has 2 aromatic carbocycles. The fourth-order valence-electron chi connectivity index (χ4n) is 2.60. The zero-order chi connectivity index (χ0) is 18.5. The van der Waals surface area contributed by atoms with Gasteiger partial charge in [0.25, 0.3) is 5.91 Å². The van der Waals surface area contributed by atoms with E-state index in [2.05, 4.69) is 21.4 Å². The van der Waals surface area contributed by atoms with Gasteiger partial charge in [0, 0.05) is 16.5 Å². The van der Waals surface area contributed by atoms with Crippen LogP contribution in [0.5, 0.6) is 0 Å². The lowest BCUT2D eigenvalue weighted by Crippen LogP contribution is -2.43. The molecule has 0 unspecified atom stereocenters. The van der Waals surface area contributed by atoms with Gasteiger partial charge in [-0.05, 0) is 29.8 Å².